The topological polar surface area (TPSA) is 52.0 Å². The van der Waals surface area contributed by atoms with Gasteiger partial charge in [0.25, 0.3) is 0 Å². The van der Waals surface area contributed by atoms with E-state index in [2.05, 4.69) is 36.4 Å². The fraction of sp³-hybridized carbons (Fsp3) is 0.0909. The zero-order valence-electron chi connectivity index (χ0n) is 13.6. The van der Waals surface area contributed by atoms with Crippen LogP contribution in [-0.2, 0) is 5.54 Å². The Labute approximate surface area is 143 Å². The van der Waals surface area contributed by atoms with E-state index >= 15 is 0 Å². The van der Waals surface area contributed by atoms with Crippen LogP contribution in [0.5, 0.6) is 0 Å². The van der Waals surface area contributed by atoms with Gasteiger partial charge in [0.2, 0.25) is 0 Å². The molecule has 0 fully saturated rings. The maximum atomic E-state index is 7.08. The summed E-state index contributed by atoms with van der Waals surface area (Å²) in [6.07, 6.45) is 2.02. The van der Waals surface area contributed by atoms with Gasteiger partial charge < -0.3 is 11.5 Å². The molecule has 3 rings (SSSR count). The Bertz CT molecular complexity index is 754. The van der Waals surface area contributed by atoms with Crippen LogP contribution in [0.2, 0.25) is 0 Å². The van der Waals surface area contributed by atoms with Crippen LogP contribution < -0.4 is 11.5 Å². The number of nitrogens with two attached hydrogens (primary N) is 2. The maximum absolute atomic E-state index is 7.08. The summed E-state index contributed by atoms with van der Waals surface area (Å²) in [6, 6.07) is 30.6. The van der Waals surface area contributed by atoms with Gasteiger partial charge in [-0.2, -0.15) is 0 Å². The quantitative estimate of drug-likeness (QED) is 0.749. The lowest BCUT2D eigenvalue weighted by atomic mass is 9.75. The third-order valence-electron chi connectivity index (χ3n) is 4.29. The summed E-state index contributed by atoms with van der Waals surface area (Å²) in [5.74, 6) is 0. The molecule has 0 aromatic heterocycles. The predicted octanol–water partition coefficient (Wildman–Crippen LogP) is 3.93. The van der Waals surface area contributed by atoms with Crippen molar-refractivity contribution in [1.29, 1.82) is 0 Å². The van der Waals surface area contributed by atoms with Gasteiger partial charge in [-0.05, 0) is 22.3 Å². The zero-order chi connectivity index (χ0) is 16.8. The minimum Gasteiger partial charge on any atom is -0.327 e. The van der Waals surface area contributed by atoms with Crippen molar-refractivity contribution >= 4 is 5.57 Å². The van der Waals surface area contributed by atoms with Crippen molar-refractivity contribution in [2.45, 2.75) is 5.54 Å². The molecule has 0 bridgehead atoms. The van der Waals surface area contributed by atoms with Crippen LogP contribution in [0.3, 0.4) is 0 Å². The van der Waals surface area contributed by atoms with Gasteiger partial charge in [-0.1, -0.05) is 97.1 Å². The lowest BCUT2D eigenvalue weighted by molar-refractivity contribution is 0.701. The number of rotatable bonds is 5. The summed E-state index contributed by atoms with van der Waals surface area (Å²) in [5.41, 5.74) is 16.4. The molecule has 0 amide bonds. The number of benzene rings is 3. The second-order valence-corrected chi connectivity index (χ2v) is 5.76. The molecule has 0 radical (unpaired) electrons. The minimum absolute atomic E-state index is 0.433. The van der Waals surface area contributed by atoms with Crippen molar-refractivity contribution in [3.8, 4) is 0 Å². The van der Waals surface area contributed by atoms with Gasteiger partial charge in [0.05, 0.1) is 5.54 Å². The van der Waals surface area contributed by atoms with Crippen molar-refractivity contribution in [3.05, 3.63) is 114 Å². The maximum Gasteiger partial charge on any atom is 0.0926 e. The van der Waals surface area contributed by atoms with E-state index in [0.29, 0.717) is 6.54 Å². The molecule has 24 heavy (non-hydrogen) atoms. The van der Waals surface area contributed by atoms with Gasteiger partial charge in [0, 0.05) is 6.54 Å². The van der Waals surface area contributed by atoms with Gasteiger partial charge in [-0.25, -0.2) is 0 Å². The predicted molar refractivity (Wildman–Crippen MR) is 101 cm³/mol. The highest BCUT2D eigenvalue weighted by Gasteiger charge is 2.34. The monoisotopic (exact) mass is 314 g/mol. The second kappa shape index (κ2) is 7.26. The standard InChI is InChI=1S/C22H22N2/c23-17-16-21(18-10-4-1-5-11-18)22(24,19-12-6-2-7-13-19)20-14-8-3-9-15-20/h1-16H,17,23-24H2. The van der Waals surface area contributed by atoms with Crippen molar-refractivity contribution in [1.82, 2.24) is 0 Å². The van der Waals surface area contributed by atoms with Crippen LogP contribution in [0.25, 0.3) is 5.57 Å². The summed E-state index contributed by atoms with van der Waals surface area (Å²) < 4.78 is 0. The van der Waals surface area contributed by atoms with Gasteiger partial charge in [-0.3, -0.25) is 0 Å². The molecule has 4 N–H and O–H groups in total. The van der Waals surface area contributed by atoms with Gasteiger partial charge in [0.1, 0.15) is 0 Å². The lowest BCUT2D eigenvalue weighted by Gasteiger charge is -2.34. The van der Waals surface area contributed by atoms with E-state index in [9.17, 15) is 0 Å². The first-order valence-electron chi connectivity index (χ1n) is 8.13. The van der Waals surface area contributed by atoms with E-state index in [1.54, 1.807) is 0 Å². The molecule has 0 atom stereocenters. The summed E-state index contributed by atoms with van der Waals surface area (Å²) in [4.78, 5) is 0. The smallest absolute Gasteiger partial charge is 0.0926 e. The average molecular weight is 314 g/mol. The molecule has 120 valence electrons. The SMILES string of the molecule is NCC=C(c1ccccc1)C(N)(c1ccccc1)c1ccccc1. The number of hydrogen-bond donors (Lipinski definition) is 2. The summed E-state index contributed by atoms with van der Waals surface area (Å²) in [5, 5.41) is 0. The Morgan fingerprint density at radius 1 is 0.708 bits per heavy atom. The number of hydrogen-bond acceptors (Lipinski definition) is 2. The van der Waals surface area contributed by atoms with Crippen molar-refractivity contribution in [2.75, 3.05) is 6.54 Å². The van der Waals surface area contributed by atoms with Crippen molar-refractivity contribution in [3.63, 3.8) is 0 Å². The summed E-state index contributed by atoms with van der Waals surface area (Å²) >= 11 is 0. The highest BCUT2D eigenvalue weighted by atomic mass is 14.8. The fourth-order valence-corrected chi connectivity index (χ4v) is 3.12. The van der Waals surface area contributed by atoms with Crippen LogP contribution >= 0.6 is 0 Å². The van der Waals surface area contributed by atoms with E-state index in [-0.39, 0.29) is 0 Å². The molecule has 0 heterocycles. The minimum atomic E-state index is -0.761. The third kappa shape index (κ3) is 3.02. The first-order valence-corrected chi connectivity index (χ1v) is 8.13. The molecule has 2 heteroatoms. The molecule has 3 aromatic carbocycles. The lowest BCUT2D eigenvalue weighted by Crippen LogP contribution is -2.39. The molecule has 0 aliphatic rings. The Morgan fingerprint density at radius 2 is 1.12 bits per heavy atom. The van der Waals surface area contributed by atoms with Crippen LogP contribution in [0, 0.1) is 0 Å². The Hall–Kier alpha value is -2.68. The molecular weight excluding hydrogens is 292 g/mol. The summed E-state index contributed by atoms with van der Waals surface area (Å²) in [7, 11) is 0. The highest BCUT2D eigenvalue weighted by molar-refractivity contribution is 5.79. The Balaban J connectivity index is 2.26. The van der Waals surface area contributed by atoms with E-state index in [4.69, 9.17) is 11.5 Å². The van der Waals surface area contributed by atoms with Gasteiger partial charge in [0.15, 0.2) is 0 Å². The summed E-state index contributed by atoms with van der Waals surface area (Å²) in [6.45, 7) is 0.433. The molecule has 0 aliphatic carbocycles. The van der Waals surface area contributed by atoms with Crippen LogP contribution in [0.15, 0.2) is 97.1 Å². The molecule has 0 spiro atoms. The van der Waals surface area contributed by atoms with Crippen molar-refractivity contribution < 1.29 is 0 Å². The largest absolute Gasteiger partial charge is 0.327 e. The first-order chi connectivity index (χ1) is 11.8. The molecular formula is C22H22N2. The first kappa shape index (κ1) is 16.2. The van der Waals surface area contributed by atoms with Gasteiger partial charge in [-0.15, -0.1) is 0 Å². The molecule has 0 unspecified atom stereocenters. The normalized spacial score (nSPS) is 12.2. The van der Waals surface area contributed by atoms with E-state index < -0.39 is 5.54 Å². The Kier molecular flexibility index (Phi) is 4.90. The van der Waals surface area contributed by atoms with Crippen LogP contribution in [0.4, 0.5) is 0 Å². The molecule has 2 nitrogen and oxygen atoms in total. The van der Waals surface area contributed by atoms with Gasteiger partial charge >= 0.3 is 0 Å². The Morgan fingerprint density at radius 3 is 1.54 bits per heavy atom. The molecule has 0 saturated carbocycles. The van der Waals surface area contributed by atoms with E-state index in [1.807, 2.05) is 60.7 Å². The average Bonchev–Trinajstić information content (AvgIpc) is 2.67. The molecule has 0 saturated heterocycles. The highest BCUT2D eigenvalue weighted by Crippen LogP contribution is 2.39. The molecule has 0 aliphatic heterocycles. The fourth-order valence-electron chi connectivity index (χ4n) is 3.12. The third-order valence-corrected chi connectivity index (χ3v) is 4.29. The van der Waals surface area contributed by atoms with E-state index in [1.165, 1.54) is 0 Å². The van der Waals surface area contributed by atoms with Crippen LogP contribution in [-0.4, -0.2) is 6.54 Å². The van der Waals surface area contributed by atoms with Crippen LogP contribution in [0.1, 0.15) is 16.7 Å². The second-order valence-electron chi connectivity index (χ2n) is 5.76. The molecule has 3 aromatic rings. The zero-order valence-corrected chi connectivity index (χ0v) is 13.6. The van der Waals surface area contributed by atoms with E-state index in [0.717, 1.165) is 22.3 Å². The van der Waals surface area contributed by atoms with Crippen molar-refractivity contribution in [2.24, 2.45) is 11.5 Å².